The number of carbonyl (C=O) groups is 1. The summed E-state index contributed by atoms with van der Waals surface area (Å²) >= 11 is 0. The van der Waals surface area contributed by atoms with Crippen LogP contribution in [-0.4, -0.2) is 55.6 Å². The summed E-state index contributed by atoms with van der Waals surface area (Å²) in [6, 6.07) is 0. The first-order valence-electron chi connectivity index (χ1n) is 7.21. The molecule has 0 unspecified atom stereocenters. The first-order chi connectivity index (χ1) is 8.71. The molecule has 1 aliphatic carbocycles. The summed E-state index contributed by atoms with van der Waals surface area (Å²) in [5, 5.41) is 6.34. The first kappa shape index (κ1) is 13.8. The lowest BCUT2D eigenvalue weighted by Crippen LogP contribution is -2.56. The zero-order valence-corrected chi connectivity index (χ0v) is 11.2. The lowest BCUT2D eigenvalue weighted by molar-refractivity contribution is -0.127. The highest BCUT2D eigenvalue weighted by molar-refractivity contribution is 5.86. The zero-order valence-electron chi connectivity index (χ0n) is 11.2. The van der Waals surface area contributed by atoms with E-state index < -0.39 is 5.54 Å². The van der Waals surface area contributed by atoms with Crippen molar-refractivity contribution in [3.63, 3.8) is 0 Å². The van der Waals surface area contributed by atoms with Gasteiger partial charge in [0.05, 0.1) is 5.54 Å². The molecule has 1 aliphatic heterocycles. The summed E-state index contributed by atoms with van der Waals surface area (Å²) in [7, 11) is 0. The van der Waals surface area contributed by atoms with Gasteiger partial charge < -0.3 is 16.4 Å². The predicted molar refractivity (Wildman–Crippen MR) is 72.3 cm³/mol. The molecule has 5 nitrogen and oxygen atoms in total. The van der Waals surface area contributed by atoms with E-state index in [-0.39, 0.29) is 5.91 Å². The molecular weight excluding hydrogens is 228 g/mol. The van der Waals surface area contributed by atoms with Crippen molar-refractivity contribution in [3.05, 3.63) is 0 Å². The molecule has 1 saturated carbocycles. The molecular formula is C13H26N4O. The number of carbonyl (C=O) groups excluding carboxylic acids is 1. The fourth-order valence-electron chi connectivity index (χ4n) is 2.85. The molecule has 5 heteroatoms. The van der Waals surface area contributed by atoms with Crippen LogP contribution < -0.4 is 16.4 Å². The summed E-state index contributed by atoms with van der Waals surface area (Å²) in [5.74, 6) is 0.0531. The maximum Gasteiger partial charge on any atom is 0.240 e. The molecule has 0 aromatic heterocycles. The van der Waals surface area contributed by atoms with E-state index in [1.165, 1.54) is 6.42 Å². The Hall–Kier alpha value is -0.650. The van der Waals surface area contributed by atoms with Gasteiger partial charge in [-0.1, -0.05) is 19.3 Å². The van der Waals surface area contributed by atoms with Crippen LogP contribution in [0.1, 0.15) is 32.1 Å². The van der Waals surface area contributed by atoms with Crippen LogP contribution in [0.5, 0.6) is 0 Å². The highest BCUT2D eigenvalue weighted by Gasteiger charge is 2.34. The summed E-state index contributed by atoms with van der Waals surface area (Å²) in [6.07, 6.45) is 5.06. The molecule has 0 atom stereocenters. The minimum atomic E-state index is -0.596. The van der Waals surface area contributed by atoms with Gasteiger partial charge in [0, 0.05) is 39.3 Å². The second-order valence-electron chi connectivity index (χ2n) is 5.56. The molecule has 0 aromatic rings. The molecule has 0 spiro atoms. The van der Waals surface area contributed by atoms with E-state index >= 15 is 0 Å². The van der Waals surface area contributed by atoms with E-state index in [0.29, 0.717) is 0 Å². The number of piperazine rings is 1. The lowest BCUT2D eigenvalue weighted by Gasteiger charge is -2.32. The standard InChI is InChI=1S/C13H26N4O/c14-13(4-2-1-3-5-13)12(18)16-8-11-17-9-6-15-7-10-17/h15H,1-11,14H2,(H,16,18). The van der Waals surface area contributed by atoms with Crippen molar-refractivity contribution < 1.29 is 4.79 Å². The predicted octanol–water partition coefficient (Wildman–Crippen LogP) is -0.331. The molecule has 0 radical (unpaired) electrons. The van der Waals surface area contributed by atoms with Gasteiger partial charge in [-0.3, -0.25) is 9.69 Å². The molecule has 104 valence electrons. The third kappa shape index (κ3) is 3.67. The number of nitrogens with two attached hydrogens (primary N) is 1. The van der Waals surface area contributed by atoms with E-state index in [1.807, 2.05) is 0 Å². The van der Waals surface area contributed by atoms with Crippen molar-refractivity contribution in [2.75, 3.05) is 39.3 Å². The van der Waals surface area contributed by atoms with Gasteiger partial charge in [0.15, 0.2) is 0 Å². The maximum atomic E-state index is 12.1. The van der Waals surface area contributed by atoms with Gasteiger partial charge in [-0.2, -0.15) is 0 Å². The maximum absolute atomic E-state index is 12.1. The quantitative estimate of drug-likeness (QED) is 0.642. The second-order valence-corrected chi connectivity index (χ2v) is 5.56. The Bertz CT molecular complexity index is 270. The molecule has 0 bridgehead atoms. The van der Waals surface area contributed by atoms with Crippen molar-refractivity contribution in [2.45, 2.75) is 37.6 Å². The Morgan fingerprint density at radius 2 is 1.89 bits per heavy atom. The van der Waals surface area contributed by atoms with Gasteiger partial charge in [-0.15, -0.1) is 0 Å². The summed E-state index contributed by atoms with van der Waals surface area (Å²) in [4.78, 5) is 14.5. The van der Waals surface area contributed by atoms with Gasteiger partial charge in [-0.05, 0) is 12.8 Å². The topological polar surface area (TPSA) is 70.4 Å². The number of hydrogen-bond donors (Lipinski definition) is 3. The highest BCUT2D eigenvalue weighted by atomic mass is 16.2. The fraction of sp³-hybridized carbons (Fsp3) is 0.923. The Kier molecular flexibility index (Phi) is 4.97. The largest absolute Gasteiger partial charge is 0.353 e. The lowest BCUT2D eigenvalue weighted by atomic mass is 9.82. The molecule has 2 aliphatic rings. The number of rotatable bonds is 4. The van der Waals surface area contributed by atoms with Gasteiger partial charge in [0.1, 0.15) is 0 Å². The minimum absolute atomic E-state index is 0.0531. The number of amides is 1. The zero-order chi connectivity index (χ0) is 12.8. The van der Waals surface area contributed by atoms with Gasteiger partial charge in [0.2, 0.25) is 5.91 Å². The Morgan fingerprint density at radius 3 is 2.56 bits per heavy atom. The van der Waals surface area contributed by atoms with Crippen molar-refractivity contribution >= 4 is 5.91 Å². The van der Waals surface area contributed by atoms with Gasteiger partial charge in [-0.25, -0.2) is 0 Å². The van der Waals surface area contributed by atoms with Crippen molar-refractivity contribution in [1.29, 1.82) is 0 Å². The summed E-state index contributed by atoms with van der Waals surface area (Å²) in [5.41, 5.74) is 5.59. The van der Waals surface area contributed by atoms with Gasteiger partial charge in [0.25, 0.3) is 0 Å². The molecule has 18 heavy (non-hydrogen) atoms. The number of hydrogen-bond acceptors (Lipinski definition) is 4. The Labute approximate surface area is 109 Å². The van der Waals surface area contributed by atoms with E-state index in [2.05, 4.69) is 15.5 Å². The first-order valence-corrected chi connectivity index (χ1v) is 7.21. The van der Waals surface area contributed by atoms with E-state index in [1.54, 1.807) is 0 Å². The summed E-state index contributed by atoms with van der Waals surface area (Å²) in [6.45, 7) is 5.90. The SMILES string of the molecule is NC1(C(=O)NCCN2CCNCC2)CCCCC1. The minimum Gasteiger partial charge on any atom is -0.353 e. The van der Waals surface area contributed by atoms with Crippen LogP contribution in [0, 0.1) is 0 Å². The third-order valence-electron chi connectivity index (χ3n) is 4.12. The van der Waals surface area contributed by atoms with E-state index in [4.69, 9.17) is 5.73 Å². The smallest absolute Gasteiger partial charge is 0.240 e. The van der Waals surface area contributed by atoms with Crippen molar-refractivity contribution in [2.24, 2.45) is 5.73 Å². The Morgan fingerprint density at radius 1 is 1.22 bits per heavy atom. The second kappa shape index (κ2) is 6.50. The van der Waals surface area contributed by atoms with Crippen LogP contribution in [0.4, 0.5) is 0 Å². The Balaban J connectivity index is 1.67. The van der Waals surface area contributed by atoms with Crippen molar-refractivity contribution in [3.8, 4) is 0 Å². The highest BCUT2D eigenvalue weighted by Crippen LogP contribution is 2.25. The average Bonchev–Trinajstić information content (AvgIpc) is 2.41. The van der Waals surface area contributed by atoms with Crippen LogP contribution in [0.25, 0.3) is 0 Å². The van der Waals surface area contributed by atoms with E-state index in [0.717, 1.165) is 65.0 Å². The van der Waals surface area contributed by atoms with E-state index in [9.17, 15) is 4.79 Å². The fourth-order valence-corrected chi connectivity index (χ4v) is 2.85. The molecule has 2 rings (SSSR count). The van der Waals surface area contributed by atoms with Crippen LogP contribution >= 0.6 is 0 Å². The molecule has 0 aromatic carbocycles. The van der Waals surface area contributed by atoms with Crippen LogP contribution in [0.2, 0.25) is 0 Å². The summed E-state index contributed by atoms with van der Waals surface area (Å²) < 4.78 is 0. The van der Waals surface area contributed by atoms with Crippen LogP contribution in [-0.2, 0) is 4.79 Å². The van der Waals surface area contributed by atoms with Crippen molar-refractivity contribution in [1.82, 2.24) is 15.5 Å². The third-order valence-corrected chi connectivity index (χ3v) is 4.12. The number of nitrogens with one attached hydrogen (secondary N) is 2. The average molecular weight is 254 g/mol. The normalized spacial score (nSPS) is 24.7. The molecule has 2 fully saturated rings. The molecule has 4 N–H and O–H groups in total. The number of nitrogens with zero attached hydrogens (tertiary/aromatic N) is 1. The van der Waals surface area contributed by atoms with Crippen LogP contribution in [0.3, 0.4) is 0 Å². The van der Waals surface area contributed by atoms with Gasteiger partial charge >= 0.3 is 0 Å². The monoisotopic (exact) mass is 254 g/mol. The molecule has 1 saturated heterocycles. The molecule has 1 amide bonds. The van der Waals surface area contributed by atoms with Crippen LogP contribution in [0.15, 0.2) is 0 Å². The molecule has 1 heterocycles.